The van der Waals surface area contributed by atoms with Crippen LogP contribution in [0.1, 0.15) is 0 Å². The van der Waals surface area contributed by atoms with E-state index in [1.165, 1.54) is 19.2 Å². The van der Waals surface area contributed by atoms with Crippen LogP contribution < -0.4 is 0 Å². The molecule has 0 radical (unpaired) electrons. The van der Waals surface area contributed by atoms with E-state index in [9.17, 15) is 8.42 Å². The van der Waals surface area contributed by atoms with Crippen molar-refractivity contribution < 1.29 is 13.5 Å². The average Bonchev–Trinajstić information content (AvgIpc) is 2.18. The minimum Gasteiger partial charge on any atom is -0.395 e. The first-order valence-corrected chi connectivity index (χ1v) is 6.13. The van der Waals surface area contributed by atoms with Crippen molar-refractivity contribution in [3.8, 4) is 0 Å². The van der Waals surface area contributed by atoms with Gasteiger partial charge in [0.1, 0.15) is 0 Å². The molecule has 0 heterocycles. The molecule has 0 saturated heterocycles. The minimum absolute atomic E-state index is 0.0643. The van der Waals surface area contributed by atoms with Crippen molar-refractivity contribution >= 4 is 21.6 Å². The van der Waals surface area contributed by atoms with E-state index in [1.807, 2.05) is 0 Å². The maximum Gasteiger partial charge on any atom is 0.242 e. The minimum atomic E-state index is -3.53. The van der Waals surface area contributed by atoms with Gasteiger partial charge in [0, 0.05) is 18.6 Å². The molecule has 0 bridgehead atoms. The number of hydrogen-bond acceptors (Lipinski definition) is 3. The fourth-order valence-electron chi connectivity index (χ4n) is 1.07. The van der Waals surface area contributed by atoms with Gasteiger partial charge in [0.15, 0.2) is 0 Å². The number of aliphatic hydroxyl groups is 1. The first kappa shape index (κ1) is 12.4. The van der Waals surface area contributed by atoms with Crippen molar-refractivity contribution in [2.75, 3.05) is 20.2 Å². The summed E-state index contributed by atoms with van der Waals surface area (Å²) in [5.74, 6) is 0. The molecule has 0 amide bonds. The number of likely N-dealkylation sites (N-methyl/N-ethyl adjacent to an activating group) is 1. The molecule has 0 fully saturated rings. The number of rotatable bonds is 4. The van der Waals surface area contributed by atoms with E-state index in [4.69, 9.17) is 16.7 Å². The van der Waals surface area contributed by atoms with Crippen LogP contribution in [0.5, 0.6) is 0 Å². The zero-order valence-electron chi connectivity index (χ0n) is 8.22. The van der Waals surface area contributed by atoms with E-state index in [1.54, 1.807) is 12.1 Å². The Morgan fingerprint density at radius 2 is 2.13 bits per heavy atom. The second-order valence-corrected chi connectivity index (χ2v) is 5.49. The molecule has 1 N–H and O–H groups in total. The molecule has 0 saturated carbocycles. The molecule has 0 aliphatic carbocycles. The van der Waals surface area contributed by atoms with Crippen LogP contribution in [0.2, 0.25) is 5.02 Å². The highest BCUT2D eigenvalue weighted by Gasteiger charge is 2.19. The lowest BCUT2D eigenvalue weighted by molar-refractivity contribution is 0.266. The fourth-order valence-corrected chi connectivity index (χ4v) is 2.53. The highest BCUT2D eigenvalue weighted by molar-refractivity contribution is 7.89. The highest BCUT2D eigenvalue weighted by Crippen LogP contribution is 2.18. The molecule has 0 aliphatic rings. The van der Waals surface area contributed by atoms with Gasteiger partial charge in [-0.15, -0.1) is 0 Å². The van der Waals surface area contributed by atoms with Crippen LogP contribution in [-0.2, 0) is 10.0 Å². The zero-order chi connectivity index (χ0) is 11.5. The third kappa shape index (κ3) is 2.92. The van der Waals surface area contributed by atoms with Crippen LogP contribution in [0.25, 0.3) is 0 Å². The summed E-state index contributed by atoms with van der Waals surface area (Å²) in [6.45, 7) is -0.148. The van der Waals surface area contributed by atoms with Gasteiger partial charge >= 0.3 is 0 Å². The van der Waals surface area contributed by atoms with Crippen LogP contribution in [0.3, 0.4) is 0 Å². The molecule has 1 aromatic carbocycles. The van der Waals surface area contributed by atoms with E-state index in [0.29, 0.717) is 5.02 Å². The van der Waals surface area contributed by atoms with Crippen molar-refractivity contribution in [2.45, 2.75) is 4.90 Å². The Morgan fingerprint density at radius 1 is 1.47 bits per heavy atom. The second kappa shape index (κ2) is 4.94. The fraction of sp³-hybridized carbons (Fsp3) is 0.333. The molecule has 6 heteroatoms. The lowest BCUT2D eigenvalue weighted by Gasteiger charge is -2.15. The topological polar surface area (TPSA) is 57.6 Å². The van der Waals surface area contributed by atoms with E-state index < -0.39 is 10.0 Å². The molecule has 84 valence electrons. The van der Waals surface area contributed by atoms with Crippen LogP contribution >= 0.6 is 11.6 Å². The van der Waals surface area contributed by atoms with Crippen LogP contribution in [0, 0.1) is 0 Å². The van der Waals surface area contributed by atoms with Gasteiger partial charge in [-0.25, -0.2) is 8.42 Å². The Kier molecular flexibility index (Phi) is 4.10. The molecule has 15 heavy (non-hydrogen) atoms. The third-order valence-electron chi connectivity index (χ3n) is 1.92. The van der Waals surface area contributed by atoms with Gasteiger partial charge in [0.05, 0.1) is 11.5 Å². The van der Waals surface area contributed by atoms with E-state index in [-0.39, 0.29) is 18.0 Å². The summed E-state index contributed by atoms with van der Waals surface area (Å²) < 4.78 is 24.7. The van der Waals surface area contributed by atoms with Crippen molar-refractivity contribution in [1.82, 2.24) is 4.31 Å². The summed E-state index contributed by atoms with van der Waals surface area (Å²) >= 11 is 5.70. The van der Waals surface area contributed by atoms with Crippen LogP contribution in [0.15, 0.2) is 29.2 Å². The molecular weight excluding hydrogens is 238 g/mol. The molecule has 0 aliphatic heterocycles. The first-order chi connectivity index (χ1) is 6.98. The number of halogens is 1. The van der Waals surface area contributed by atoms with Gasteiger partial charge in [-0.1, -0.05) is 17.7 Å². The van der Waals surface area contributed by atoms with Gasteiger partial charge in [0.25, 0.3) is 0 Å². The molecule has 0 unspecified atom stereocenters. The monoisotopic (exact) mass is 249 g/mol. The maximum absolute atomic E-state index is 11.8. The number of nitrogens with zero attached hydrogens (tertiary/aromatic N) is 1. The Bertz CT molecular complexity index is 433. The Hall–Kier alpha value is -0.620. The average molecular weight is 250 g/mol. The number of benzene rings is 1. The molecule has 4 nitrogen and oxygen atoms in total. The van der Waals surface area contributed by atoms with Crippen LogP contribution in [-0.4, -0.2) is 38.0 Å². The third-order valence-corrected chi connectivity index (χ3v) is 4.01. The van der Waals surface area contributed by atoms with Crippen molar-refractivity contribution in [2.24, 2.45) is 0 Å². The lowest BCUT2D eigenvalue weighted by Crippen LogP contribution is -2.29. The molecule has 1 aromatic rings. The normalized spacial score (nSPS) is 12.0. The summed E-state index contributed by atoms with van der Waals surface area (Å²) in [5, 5.41) is 9.04. The summed E-state index contributed by atoms with van der Waals surface area (Å²) in [4.78, 5) is 0.131. The van der Waals surface area contributed by atoms with Gasteiger partial charge in [-0.05, 0) is 18.2 Å². The summed E-state index contributed by atoms with van der Waals surface area (Å²) in [6.07, 6.45) is 0. The van der Waals surface area contributed by atoms with Crippen molar-refractivity contribution in [1.29, 1.82) is 0 Å². The number of aliphatic hydroxyl groups excluding tert-OH is 1. The zero-order valence-corrected chi connectivity index (χ0v) is 9.79. The van der Waals surface area contributed by atoms with Crippen LogP contribution in [0.4, 0.5) is 0 Å². The SMILES string of the molecule is CN(CCO)S(=O)(=O)c1cccc(Cl)c1. The predicted molar refractivity (Wildman–Crippen MR) is 58.4 cm³/mol. The molecule has 0 aromatic heterocycles. The van der Waals surface area contributed by atoms with Gasteiger partial charge in [-0.3, -0.25) is 0 Å². The van der Waals surface area contributed by atoms with Gasteiger partial charge < -0.3 is 5.11 Å². The van der Waals surface area contributed by atoms with E-state index in [2.05, 4.69) is 0 Å². The number of hydrogen-bond donors (Lipinski definition) is 1. The quantitative estimate of drug-likeness (QED) is 0.865. The molecule has 0 spiro atoms. The van der Waals surface area contributed by atoms with E-state index in [0.717, 1.165) is 4.31 Å². The smallest absolute Gasteiger partial charge is 0.242 e. The Balaban J connectivity index is 3.06. The Labute approximate surface area is 94.1 Å². The molecular formula is C9H12ClNO3S. The maximum atomic E-state index is 11.8. The molecule has 0 atom stereocenters. The lowest BCUT2D eigenvalue weighted by atomic mass is 10.4. The standard InChI is InChI=1S/C9H12ClNO3S/c1-11(5-6-12)15(13,14)9-4-2-3-8(10)7-9/h2-4,7,12H,5-6H2,1H3. The molecule has 1 rings (SSSR count). The summed E-state index contributed by atoms with van der Waals surface area (Å²) in [6, 6.07) is 6.02. The largest absolute Gasteiger partial charge is 0.395 e. The van der Waals surface area contributed by atoms with Crippen molar-refractivity contribution in [3.05, 3.63) is 29.3 Å². The Morgan fingerprint density at radius 3 is 2.67 bits per heavy atom. The van der Waals surface area contributed by atoms with E-state index >= 15 is 0 Å². The summed E-state index contributed by atoms with van der Waals surface area (Å²) in [7, 11) is -2.13. The predicted octanol–water partition coefficient (Wildman–Crippen LogP) is 0.953. The van der Waals surface area contributed by atoms with Crippen molar-refractivity contribution in [3.63, 3.8) is 0 Å². The van der Waals surface area contributed by atoms with Gasteiger partial charge in [-0.2, -0.15) is 4.31 Å². The second-order valence-electron chi connectivity index (χ2n) is 3.01. The number of sulfonamides is 1. The van der Waals surface area contributed by atoms with Gasteiger partial charge in [0.2, 0.25) is 10.0 Å². The highest BCUT2D eigenvalue weighted by atomic mass is 35.5. The summed E-state index contributed by atoms with van der Waals surface area (Å²) in [5.41, 5.74) is 0. The first-order valence-electron chi connectivity index (χ1n) is 4.31.